The van der Waals surface area contributed by atoms with Gasteiger partial charge in [0.25, 0.3) is 0 Å². The molecule has 0 aromatic heterocycles. The van der Waals surface area contributed by atoms with Crippen molar-refractivity contribution in [1.29, 1.82) is 0 Å². The Kier molecular flexibility index (Phi) is 8.04. The average molecular weight is 436 g/mol. The monoisotopic (exact) mass is 436 g/mol. The SMILES string of the molecule is N[C@@H](CO)C(=O)C1=NC(C(=O)[C@@H](N)CO)N(C(=O)[C@@H](N)CO)C(c2ccccc2O)=N1. The summed E-state index contributed by atoms with van der Waals surface area (Å²) in [6.07, 6.45) is -1.80. The Bertz CT molecular complexity index is 918. The molecule has 1 heterocycles. The van der Waals surface area contributed by atoms with Crippen molar-refractivity contribution in [2.45, 2.75) is 24.3 Å². The third-order valence-electron chi connectivity index (χ3n) is 4.40. The van der Waals surface area contributed by atoms with Crippen molar-refractivity contribution in [1.82, 2.24) is 4.90 Å². The van der Waals surface area contributed by atoms with Gasteiger partial charge in [0.1, 0.15) is 11.8 Å². The number of phenols is 1. The third-order valence-corrected chi connectivity index (χ3v) is 4.40. The van der Waals surface area contributed by atoms with E-state index >= 15 is 0 Å². The lowest BCUT2D eigenvalue weighted by atomic mass is 10.0. The standard InChI is InChI=1S/C18H24N6O7/c19-9(5-25)13(29)15-22-16(8-3-1-2-4-12(8)28)24(18(31)11(21)7-27)17(23-15)14(30)10(20)6-26/h1-4,9-11,17,25-28H,5-7,19-21H2/t9-,10-,11-,17?/m0/s1. The molecule has 1 aromatic carbocycles. The summed E-state index contributed by atoms with van der Waals surface area (Å²) in [4.78, 5) is 46.8. The number of rotatable bonds is 9. The van der Waals surface area contributed by atoms with E-state index in [2.05, 4.69) is 9.98 Å². The number of para-hydroxylation sites is 1. The normalized spacial score (nSPS) is 19.2. The molecule has 0 radical (unpaired) electrons. The quantitative estimate of drug-likeness (QED) is 0.197. The summed E-state index contributed by atoms with van der Waals surface area (Å²) < 4.78 is 0. The molecule has 13 heteroatoms. The van der Waals surface area contributed by atoms with Gasteiger partial charge in [-0.1, -0.05) is 12.1 Å². The number of amides is 1. The molecule has 1 aliphatic rings. The van der Waals surface area contributed by atoms with Gasteiger partial charge in [0.15, 0.2) is 23.6 Å². The van der Waals surface area contributed by atoms with Crippen LogP contribution in [0.25, 0.3) is 0 Å². The van der Waals surface area contributed by atoms with E-state index in [1.807, 2.05) is 0 Å². The van der Waals surface area contributed by atoms with Gasteiger partial charge in [-0.05, 0) is 12.1 Å². The zero-order chi connectivity index (χ0) is 23.3. The maximum Gasteiger partial charge on any atom is 0.249 e. The second-order valence-electron chi connectivity index (χ2n) is 6.62. The molecule has 0 bridgehead atoms. The topological polar surface area (TPSA) is 238 Å². The maximum absolute atomic E-state index is 12.9. The van der Waals surface area contributed by atoms with Gasteiger partial charge in [0.2, 0.25) is 11.7 Å². The molecule has 0 aliphatic carbocycles. The van der Waals surface area contributed by atoms with E-state index in [1.165, 1.54) is 24.3 Å². The first-order valence-electron chi connectivity index (χ1n) is 9.13. The maximum atomic E-state index is 12.9. The molecule has 1 aromatic rings. The van der Waals surface area contributed by atoms with Gasteiger partial charge < -0.3 is 37.6 Å². The molecular weight excluding hydrogens is 412 g/mol. The summed E-state index contributed by atoms with van der Waals surface area (Å²) in [5.41, 5.74) is 16.7. The summed E-state index contributed by atoms with van der Waals surface area (Å²) >= 11 is 0. The molecule has 168 valence electrons. The molecule has 0 saturated heterocycles. The molecule has 0 saturated carbocycles. The highest BCUT2D eigenvalue weighted by molar-refractivity contribution is 6.44. The number of aliphatic hydroxyl groups is 3. The van der Waals surface area contributed by atoms with Crippen LogP contribution in [0.15, 0.2) is 34.3 Å². The van der Waals surface area contributed by atoms with E-state index < -0.39 is 67.4 Å². The van der Waals surface area contributed by atoms with Crippen molar-refractivity contribution >= 4 is 29.1 Å². The number of ketones is 2. The van der Waals surface area contributed by atoms with Crippen molar-refractivity contribution < 1.29 is 34.8 Å². The lowest BCUT2D eigenvalue weighted by molar-refractivity contribution is -0.137. The largest absolute Gasteiger partial charge is 0.507 e. The summed E-state index contributed by atoms with van der Waals surface area (Å²) in [5.74, 6) is -4.25. The van der Waals surface area contributed by atoms with Crippen LogP contribution in [0.4, 0.5) is 0 Å². The van der Waals surface area contributed by atoms with Gasteiger partial charge in [-0.2, -0.15) is 0 Å². The highest BCUT2D eigenvalue weighted by Gasteiger charge is 2.42. The van der Waals surface area contributed by atoms with E-state index in [4.69, 9.17) is 17.2 Å². The number of hydrogen-bond donors (Lipinski definition) is 7. The predicted octanol–water partition coefficient (Wildman–Crippen LogP) is -4.20. The number of hydrogen-bond acceptors (Lipinski definition) is 12. The fourth-order valence-corrected chi connectivity index (χ4v) is 2.65. The minimum atomic E-state index is -1.80. The second-order valence-corrected chi connectivity index (χ2v) is 6.62. The molecule has 2 rings (SSSR count). The average Bonchev–Trinajstić information content (AvgIpc) is 2.80. The Morgan fingerprint density at radius 1 is 0.968 bits per heavy atom. The number of Topliss-reactive ketones (excluding diaryl/α,β-unsaturated/α-hetero) is 2. The molecule has 13 nitrogen and oxygen atoms in total. The number of nitrogens with zero attached hydrogens (tertiary/aromatic N) is 3. The molecule has 31 heavy (non-hydrogen) atoms. The molecule has 1 amide bonds. The van der Waals surface area contributed by atoms with Crippen LogP contribution in [0.2, 0.25) is 0 Å². The fraction of sp³-hybridized carbons (Fsp3) is 0.389. The van der Waals surface area contributed by atoms with Crippen LogP contribution in [0.1, 0.15) is 5.56 Å². The van der Waals surface area contributed by atoms with Gasteiger partial charge in [0.05, 0.1) is 37.5 Å². The zero-order valence-corrected chi connectivity index (χ0v) is 16.3. The summed E-state index contributed by atoms with van der Waals surface area (Å²) in [7, 11) is 0. The van der Waals surface area contributed by atoms with Crippen LogP contribution in [-0.2, 0) is 14.4 Å². The van der Waals surface area contributed by atoms with Crippen molar-refractivity contribution in [3.8, 4) is 5.75 Å². The minimum Gasteiger partial charge on any atom is -0.507 e. The van der Waals surface area contributed by atoms with E-state index in [0.29, 0.717) is 4.90 Å². The van der Waals surface area contributed by atoms with Crippen LogP contribution in [0.3, 0.4) is 0 Å². The van der Waals surface area contributed by atoms with E-state index in [9.17, 15) is 34.8 Å². The first-order valence-corrected chi connectivity index (χ1v) is 9.13. The van der Waals surface area contributed by atoms with E-state index in [-0.39, 0.29) is 17.1 Å². The molecule has 10 N–H and O–H groups in total. The predicted molar refractivity (Wildman–Crippen MR) is 108 cm³/mol. The van der Waals surface area contributed by atoms with Crippen LogP contribution >= 0.6 is 0 Å². The van der Waals surface area contributed by atoms with Crippen LogP contribution in [0, 0.1) is 0 Å². The van der Waals surface area contributed by atoms with Gasteiger partial charge in [-0.15, -0.1) is 0 Å². The number of aromatic hydroxyl groups is 1. The highest BCUT2D eigenvalue weighted by Crippen LogP contribution is 2.24. The highest BCUT2D eigenvalue weighted by atomic mass is 16.3. The number of nitrogens with two attached hydrogens (primary N) is 3. The van der Waals surface area contributed by atoms with Gasteiger partial charge in [0, 0.05) is 0 Å². The zero-order valence-electron chi connectivity index (χ0n) is 16.3. The fourth-order valence-electron chi connectivity index (χ4n) is 2.65. The number of aliphatic imine (C=N–C) groups is 2. The second kappa shape index (κ2) is 10.3. The van der Waals surface area contributed by atoms with E-state index in [0.717, 1.165) is 0 Å². The molecule has 4 atom stereocenters. The lowest BCUT2D eigenvalue weighted by Crippen LogP contribution is -2.60. The third kappa shape index (κ3) is 4.99. The van der Waals surface area contributed by atoms with Crippen LogP contribution in [-0.4, -0.2) is 98.6 Å². The number of carbonyl (C=O) groups is 3. The minimum absolute atomic E-state index is 0.0610. The smallest absolute Gasteiger partial charge is 0.249 e. The summed E-state index contributed by atoms with van der Waals surface area (Å²) in [5, 5.41) is 38.1. The number of benzene rings is 1. The van der Waals surface area contributed by atoms with Crippen LogP contribution < -0.4 is 17.2 Å². The van der Waals surface area contributed by atoms with E-state index in [1.54, 1.807) is 0 Å². The van der Waals surface area contributed by atoms with Crippen molar-refractivity contribution in [2.75, 3.05) is 19.8 Å². The Labute approximate surface area is 176 Å². The Morgan fingerprint density at radius 2 is 1.55 bits per heavy atom. The van der Waals surface area contributed by atoms with Gasteiger partial charge in [-0.25, -0.2) is 9.98 Å². The Balaban J connectivity index is 2.75. The Hall–Kier alpha value is -3.07. The molecule has 0 spiro atoms. The van der Waals surface area contributed by atoms with Crippen molar-refractivity contribution in [2.24, 2.45) is 27.2 Å². The first kappa shape index (κ1) is 24.2. The number of amidine groups is 2. The van der Waals surface area contributed by atoms with Crippen molar-refractivity contribution in [3.63, 3.8) is 0 Å². The molecule has 1 aliphatic heterocycles. The van der Waals surface area contributed by atoms with Crippen LogP contribution in [0.5, 0.6) is 5.75 Å². The number of carbonyl (C=O) groups excluding carboxylic acids is 3. The summed E-state index contributed by atoms with van der Waals surface area (Å²) in [6, 6.07) is 1.21. The number of phenolic OH excluding ortho intramolecular Hbond substituents is 1. The van der Waals surface area contributed by atoms with Gasteiger partial charge >= 0.3 is 0 Å². The molecule has 1 unspecified atom stereocenters. The Morgan fingerprint density at radius 3 is 2.10 bits per heavy atom. The van der Waals surface area contributed by atoms with Gasteiger partial charge in [-0.3, -0.25) is 19.3 Å². The molecular formula is C18H24N6O7. The lowest BCUT2D eigenvalue weighted by Gasteiger charge is -2.34. The van der Waals surface area contributed by atoms with Crippen molar-refractivity contribution in [3.05, 3.63) is 29.8 Å². The number of aliphatic hydroxyl groups excluding tert-OH is 3. The molecule has 0 fully saturated rings. The summed E-state index contributed by atoms with van der Waals surface area (Å²) in [6.45, 7) is -2.32. The first-order chi connectivity index (χ1) is 14.7.